The Morgan fingerprint density at radius 3 is 2.65 bits per heavy atom. The van der Waals surface area contributed by atoms with Gasteiger partial charge in [-0.25, -0.2) is 4.98 Å². The van der Waals surface area contributed by atoms with E-state index in [2.05, 4.69) is 48.4 Å². The number of carbonyl (C=O) groups excluding carboxylic acids is 1. The molecular weight excluding hydrogens is 364 g/mol. The van der Waals surface area contributed by atoms with Crippen LogP contribution in [0.1, 0.15) is 30.9 Å². The van der Waals surface area contributed by atoms with Gasteiger partial charge in [0.15, 0.2) is 5.13 Å². The third-order valence-electron chi connectivity index (χ3n) is 3.88. The van der Waals surface area contributed by atoms with Crippen LogP contribution in [-0.2, 0) is 4.79 Å². The van der Waals surface area contributed by atoms with E-state index in [1.54, 1.807) is 18.2 Å². The fourth-order valence-electron chi connectivity index (χ4n) is 2.43. The number of benzene rings is 2. The topological polar surface area (TPSA) is 42.0 Å². The second-order valence-corrected chi connectivity index (χ2v) is 7.49. The molecule has 0 radical (unpaired) electrons. The summed E-state index contributed by atoms with van der Waals surface area (Å²) in [6.07, 6.45) is 3.20. The Morgan fingerprint density at radius 2 is 1.96 bits per heavy atom. The van der Waals surface area contributed by atoms with Gasteiger partial charge in [-0.3, -0.25) is 10.1 Å². The Kier molecular flexibility index (Phi) is 5.86. The molecule has 1 aromatic heterocycles. The second-order valence-electron chi connectivity index (χ2n) is 6.19. The standard InChI is InChI=1S/C21H19ClN2OS/c1-14(2)16-7-9-17(10-8-16)19-13-26-21(23-19)24-20(25)11-6-15-4-3-5-18(22)12-15/h3-14H,1-2H3,(H,23,24,25). The molecule has 0 aliphatic rings. The number of rotatable bonds is 5. The third kappa shape index (κ3) is 4.81. The normalized spacial score (nSPS) is 11.2. The van der Waals surface area contributed by atoms with Crippen LogP contribution >= 0.6 is 22.9 Å². The number of amides is 1. The maximum atomic E-state index is 12.1. The first-order chi connectivity index (χ1) is 12.5. The van der Waals surface area contributed by atoms with Crippen LogP contribution in [0.5, 0.6) is 0 Å². The average molecular weight is 383 g/mol. The number of anilines is 1. The minimum atomic E-state index is -0.221. The van der Waals surface area contributed by atoms with Crippen LogP contribution in [0, 0.1) is 0 Å². The highest BCUT2D eigenvalue weighted by Gasteiger charge is 2.07. The van der Waals surface area contributed by atoms with E-state index < -0.39 is 0 Å². The van der Waals surface area contributed by atoms with Gasteiger partial charge in [0.05, 0.1) is 5.69 Å². The Bertz CT molecular complexity index is 929. The quantitative estimate of drug-likeness (QED) is 0.530. The van der Waals surface area contributed by atoms with E-state index in [1.807, 2.05) is 17.5 Å². The summed E-state index contributed by atoms with van der Waals surface area (Å²) in [7, 11) is 0. The first kappa shape index (κ1) is 18.4. The molecule has 0 aliphatic heterocycles. The molecule has 0 spiro atoms. The summed E-state index contributed by atoms with van der Waals surface area (Å²) in [5, 5.41) is 5.96. The molecular formula is C21H19ClN2OS. The number of thiazole rings is 1. The number of aromatic nitrogens is 1. The Labute approximate surface area is 162 Å². The Morgan fingerprint density at radius 1 is 1.19 bits per heavy atom. The highest BCUT2D eigenvalue weighted by atomic mass is 35.5. The predicted molar refractivity (Wildman–Crippen MR) is 111 cm³/mol. The molecule has 0 fully saturated rings. The van der Waals surface area contributed by atoms with E-state index in [-0.39, 0.29) is 5.91 Å². The molecule has 0 bridgehead atoms. The molecule has 3 rings (SSSR count). The minimum Gasteiger partial charge on any atom is -0.298 e. The molecule has 2 aromatic carbocycles. The predicted octanol–water partition coefficient (Wildman–Crippen LogP) is 6.24. The first-order valence-electron chi connectivity index (χ1n) is 8.32. The summed E-state index contributed by atoms with van der Waals surface area (Å²) in [4.78, 5) is 16.6. The van der Waals surface area contributed by atoms with Gasteiger partial charge in [-0.15, -0.1) is 11.3 Å². The average Bonchev–Trinajstić information content (AvgIpc) is 3.08. The summed E-state index contributed by atoms with van der Waals surface area (Å²) in [5.74, 6) is 0.279. The number of nitrogens with zero attached hydrogens (tertiary/aromatic N) is 1. The summed E-state index contributed by atoms with van der Waals surface area (Å²) in [6, 6.07) is 15.7. The number of carbonyl (C=O) groups is 1. The van der Waals surface area contributed by atoms with Gasteiger partial charge >= 0.3 is 0 Å². The fraction of sp³-hybridized carbons (Fsp3) is 0.143. The largest absolute Gasteiger partial charge is 0.298 e. The van der Waals surface area contributed by atoms with Crippen molar-refractivity contribution in [1.82, 2.24) is 4.98 Å². The van der Waals surface area contributed by atoms with Gasteiger partial charge in [0.2, 0.25) is 5.91 Å². The highest BCUT2D eigenvalue weighted by Crippen LogP contribution is 2.26. The van der Waals surface area contributed by atoms with Crippen molar-refractivity contribution < 1.29 is 4.79 Å². The van der Waals surface area contributed by atoms with Crippen LogP contribution in [0.3, 0.4) is 0 Å². The molecule has 0 aliphatic carbocycles. The third-order valence-corrected chi connectivity index (χ3v) is 4.88. The van der Waals surface area contributed by atoms with Gasteiger partial charge in [-0.1, -0.05) is 61.8 Å². The van der Waals surface area contributed by atoms with Crippen LogP contribution in [0.25, 0.3) is 17.3 Å². The number of hydrogen-bond acceptors (Lipinski definition) is 3. The zero-order chi connectivity index (χ0) is 18.5. The molecule has 5 heteroatoms. The smallest absolute Gasteiger partial charge is 0.250 e. The lowest BCUT2D eigenvalue weighted by molar-refractivity contribution is -0.111. The number of hydrogen-bond donors (Lipinski definition) is 1. The fourth-order valence-corrected chi connectivity index (χ4v) is 3.35. The summed E-state index contributed by atoms with van der Waals surface area (Å²) < 4.78 is 0. The first-order valence-corrected chi connectivity index (χ1v) is 9.57. The lowest BCUT2D eigenvalue weighted by Gasteiger charge is -2.05. The van der Waals surface area contributed by atoms with Crippen molar-refractivity contribution in [2.45, 2.75) is 19.8 Å². The van der Waals surface area contributed by atoms with E-state index in [0.717, 1.165) is 16.8 Å². The zero-order valence-electron chi connectivity index (χ0n) is 14.6. The van der Waals surface area contributed by atoms with Gasteiger partial charge in [0, 0.05) is 22.0 Å². The summed E-state index contributed by atoms with van der Waals surface area (Å²) >= 11 is 7.34. The molecule has 1 heterocycles. The van der Waals surface area contributed by atoms with Crippen molar-refractivity contribution in [2.75, 3.05) is 5.32 Å². The van der Waals surface area contributed by atoms with Crippen molar-refractivity contribution in [1.29, 1.82) is 0 Å². The van der Waals surface area contributed by atoms with E-state index >= 15 is 0 Å². The van der Waals surface area contributed by atoms with Gasteiger partial charge < -0.3 is 0 Å². The van der Waals surface area contributed by atoms with Crippen molar-refractivity contribution in [2.24, 2.45) is 0 Å². The zero-order valence-corrected chi connectivity index (χ0v) is 16.1. The van der Waals surface area contributed by atoms with Crippen LogP contribution in [0.4, 0.5) is 5.13 Å². The van der Waals surface area contributed by atoms with Gasteiger partial charge in [0.1, 0.15) is 0 Å². The molecule has 0 saturated heterocycles. The second kappa shape index (κ2) is 8.30. The molecule has 0 unspecified atom stereocenters. The van der Waals surface area contributed by atoms with E-state index in [9.17, 15) is 4.79 Å². The molecule has 1 amide bonds. The molecule has 0 atom stereocenters. The highest BCUT2D eigenvalue weighted by molar-refractivity contribution is 7.14. The van der Waals surface area contributed by atoms with Crippen molar-refractivity contribution >= 4 is 40.1 Å². The van der Waals surface area contributed by atoms with Crippen molar-refractivity contribution in [3.8, 4) is 11.3 Å². The molecule has 3 aromatic rings. The van der Waals surface area contributed by atoms with Gasteiger partial charge in [-0.2, -0.15) is 0 Å². The van der Waals surface area contributed by atoms with Gasteiger partial charge in [-0.05, 0) is 35.3 Å². The SMILES string of the molecule is CC(C)c1ccc(-c2csc(NC(=O)C=Cc3cccc(Cl)c3)n2)cc1. The molecule has 26 heavy (non-hydrogen) atoms. The lowest BCUT2D eigenvalue weighted by atomic mass is 10.0. The van der Waals surface area contributed by atoms with Crippen LogP contribution < -0.4 is 5.32 Å². The molecule has 3 nitrogen and oxygen atoms in total. The van der Waals surface area contributed by atoms with E-state index in [4.69, 9.17) is 11.6 Å². The summed E-state index contributed by atoms with van der Waals surface area (Å²) in [5.41, 5.74) is 4.07. The maximum absolute atomic E-state index is 12.1. The van der Waals surface area contributed by atoms with Crippen LogP contribution in [0.2, 0.25) is 5.02 Å². The lowest BCUT2D eigenvalue weighted by Crippen LogP contribution is -2.07. The summed E-state index contributed by atoms with van der Waals surface area (Å²) in [6.45, 7) is 4.34. The van der Waals surface area contributed by atoms with Crippen molar-refractivity contribution in [3.63, 3.8) is 0 Å². The molecule has 1 N–H and O–H groups in total. The van der Waals surface area contributed by atoms with E-state index in [1.165, 1.54) is 23.0 Å². The Hall–Kier alpha value is -2.43. The number of nitrogens with one attached hydrogen (secondary N) is 1. The Balaban J connectivity index is 1.65. The van der Waals surface area contributed by atoms with Gasteiger partial charge in [0.25, 0.3) is 0 Å². The van der Waals surface area contributed by atoms with Crippen molar-refractivity contribution in [3.05, 3.63) is 76.1 Å². The van der Waals surface area contributed by atoms with Crippen LogP contribution in [-0.4, -0.2) is 10.9 Å². The van der Waals surface area contributed by atoms with Crippen LogP contribution in [0.15, 0.2) is 60.0 Å². The van der Waals surface area contributed by atoms with E-state index in [0.29, 0.717) is 16.1 Å². The monoisotopic (exact) mass is 382 g/mol. The number of halogens is 1. The minimum absolute atomic E-state index is 0.221. The molecule has 132 valence electrons. The maximum Gasteiger partial charge on any atom is 0.250 e. The molecule has 0 saturated carbocycles.